The first-order chi connectivity index (χ1) is 16.3. The molecule has 2 N–H and O–H groups in total. The van der Waals surface area contributed by atoms with Crippen LogP contribution in [-0.4, -0.2) is 42.5 Å². The molecule has 2 aliphatic rings. The minimum atomic E-state index is -3.85. The Morgan fingerprint density at radius 2 is 2.03 bits per heavy atom. The Labute approximate surface area is 204 Å². The molecule has 1 aromatic heterocycles. The number of primary sulfonamides is 1. The van der Waals surface area contributed by atoms with E-state index in [0.29, 0.717) is 30.4 Å². The van der Waals surface area contributed by atoms with Gasteiger partial charge in [0, 0.05) is 24.3 Å². The quantitative estimate of drug-likeness (QED) is 0.508. The van der Waals surface area contributed by atoms with Gasteiger partial charge in [-0.2, -0.15) is 0 Å². The third-order valence-corrected chi connectivity index (χ3v) is 8.11. The van der Waals surface area contributed by atoms with E-state index in [-0.39, 0.29) is 10.8 Å². The van der Waals surface area contributed by atoms with Crippen molar-refractivity contribution >= 4 is 21.6 Å². The highest BCUT2D eigenvalue weighted by atomic mass is 35.5. The van der Waals surface area contributed by atoms with Crippen molar-refractivity contribution in [3.8, 4) is 0 Å². The van der Waals surface area contributed by atoms with Crippen LogP contribution in [0.4, 0.5) is 4.39 Å². The lowest BCUT2D eigenvalue weighted by molar-refractivity contribution is 0.145. The van der Waals surface area contributed by atoms with E-state index in [1.807, 2.05) is 24.3 Å². The highest BCUT2D eigenvalue weighted by molar-refractivity contribution is 7.89. The van der Waals surface area contributed by atoms with Crippen molar-refractivity contribution in [3.05, 3.63) is 82.0 Å². The van der Waals surface area contributed by atoms with Gasteiger partial charge in [-0.1, -0.05) is 29.8 Å². The number of aryl methyl sites for hydroxylation is 2. The van der Waals surface area contributed by atoms with Crippen LogP contribution in [0.25, 0.3) is 0 Å². The third-order valence-electron chi connectivity index (χ3n) is 7.09. The number of hydrogen-bond donors (Lipinski definition) is 1. The van der Waals surface area contributed by atoms with Crippen molar-refractivity contribution in [2.45, 2.75) is 43.2 Å². The summed E-state index contributed by atoms with van der Waals surface area (Å²) in [4.78, 5) is 6.32. The smallest absolute Gasteiger partial charge is 0.257 e. The Kier molecular flexibility index (Phi) is 6.50. The van der Waals surface area contributed by atoms with Crippen molar-refractivity contribution in [1.29, 1.82) is 0 Å². The molecule has 1 aliphatic heterocycles. The van der Waals surface area contributed by atoms with Gasteiger partial charge in [-0.15, -0.1) is 0 Å². The highest BCUT2D eigenvalue weighted by Gasteiger charge is 2.35. The van der Waals surface area contributed by atoms with E-state index in [2.05, 4.69) is 16.0 Å². The lowest BCUT2D eigenvalue weighted by Gasteiger charge is -2.35. The standard InChI is InChI=1S/C25H28ClFN4O2S/c26-21-4-1-3-17(9-21)10-22-20(14-30-6-2-7-30)11-19-13-24(27)18(12-23(19)22)5-8-31-15-25(29-16-31)34(28,32)33/h1,3-4,9,12-13,15-16,20,22H,2,5-8,10-11,14H2,(H2,28,32,33). The van der Waals surface area contributed by atoms with E-state index < -0.39 is 10.0 Å². The number of likely N-dealkylation sites (tertiary alicyclic amines) is 1. The average Bonchev–Trinajstić information content (AvgIpc) is 3.34. The number of nitrogens with two attached hydrogens (primary N) is 1. The fraction of sp³-hybridized carbons (Fsp3) is 0.400. The first-order valence-corrected chi connectivity index (χ1v) is 13.5. The summed E-state index contributed by atoms with van der Waals surface area (Å²) in [5.41, 5.74) is 4.14. The molecule has 0 radical (unpaired) electrons. The second kappa shape index (κ2) is 9.41. The van der Waals surface area contributed by atoms with E-state index >= 15 is 4.39 Å². The normalized spacial score (nSPS) is 20.3. The van der Waals surface area contributed by atoms with Crippen LogP contribution in [-0.2, 0) is 35.8 Å². The zero-order valence-corrected chi connectivity index (χ0v) is 20.4. The summed E-state index contributed by atoms with van der Waals surface area (Å²) < 4.78 is 39.6. The fourth-order valence-electron chi connectivity index (χ4n) is 5.21. The predicted molar refractivity (Wildman–Crippen MR) is 130 cm³/mol. The van der Waals surface area contributed by atoms with Crippen molar-refractivity contribution in [2.75, 3.05) is 19.6 Å². The van der Waals surface area contributed by atoms with Gasteiger partial charge in [-0.05, 0) is 91.1 Å². The van der Waals surface area contributed by atoms with Gasteiger partial charge in [0.15, 0.2) is 5.03 Å². The SMILES string of the molecule is NS(=O)(=O)c1cn(CCc2cc3c(cc2F)CC(CN2CCC2)C3Cc2cccc(Cl)c2)cn1. The maximum absolute atomic E-state index is 15.0. The summed E-state index contributed by atoms with van der Waals surface area (Å²) in [7, 11) is -3.85. The van der Waals surface area contributed by atoms with Gasteiger partial charge in [0.05, 0.1) is 6.33 Å². The third kappa shape index (κ3) is 5.05. The summed E-state index contributed by atoms with van der Waals surface area (Å²) in [6, 6.07) is 11.7. The summed E-state index contributed by atoms with van der Waals surface area (Å²) in [5.74, 6) is 0.530. The zero-order chi connectivity index (χ0) is 23.9. The second-order valence-corrected chi connectivity index (χ2v) is 11.4. The van der Waals surface area contributed by atoms with Crippen LogP contribution < -0.4 is 5.14 Å². The molecule has 2 heterocycles. The molecule has 1 fully saturated rings. The van der Waals surface area contributed by atoms with Crippen LogP contribution in [0, 0.1) is 11.7 Å². The molecule has 3 aromatic rings. The summed E-state index contributed by atoms with van der Waals surface area (Å²) in [6.07, 6.45) is 6.23. The Hall–Kier alpha value is -2.26. The molecule has 0 spiro atoms. The lowest BCUT2D eigenvalue weighted by atomic mass is 9.85. The largest absolute Gasteiger partial charge is 0.336 e. The van der Waals surface area contributed by atoms with Gasteiger partial charge in [-0.25, -0.2) is 22.9 Å². The number of aromatic nitrogens is 2. The molecule has 0 saturated carbocycles. The van der Waals surface area contributed by atoms with Crippen molar-refractivity contribution < 1.29 is 12.8 Å². The van der Waals surface area contributed by atoms with E-state index in [1.165, 1.54) is 30.1 Å². The zero-order valence-electron chi connectivity index (χ0n) is 18.8. The summed E-state index contributed by atoms with van der Waals surface area (Å²) in [5, 5.41) is 5.68. The number of halogens is 2. The van der Waals surface area contributed by atoms with Crippen LogP contribution in [0.2, 0.25) is 5.02 Å². The van der Waals surface area contributed by atoms with Crippen LogP contribution in [0.15, 0.2) is 53.9 Å². The predicted octanol–water partition coefficient (Wildman–Crippen LogP) is 3.77. The number of rotatable bonds is 8. The monoisotopic (exact) mass is 502 g/mol. The molecule has 6 nitrogen and oxygen atoms in total. The van der Waals surface area contributed by atoms with Crippen LogP contribution in [0.1, 0.15) is 34.6 Å². The molecule has 2 atom stereocenters. The number of hydrogen-bond acceptors (Lipinski definition) is 4. The number of imidazole rings is 1. The molecular weight excluding hydrogens is 475 g/mol. The first kappa shape index (κ1) is 23.5. The maximum atomic E-state index is 15.0. The number of nitrogens with zero attached hydrogens (tertiary/aromatic N) is 3. The van der Waals surface area contributed by atoms with Gasteiger partial charge in [0.25, 0.3) is 10.0 Å². The van der Waals surface area contributed by atoms with E-state index in [4.69, 9.17) is 16.7 Å². The number of benzene rings is 2. The first-order valence-electron chi connectivity index (χ1n) is 11.6. The minimum absolute atomic E-state index is 0.183. The Bertz CT molecular complexity index is 1310. The molecule has 180 valence electrons. The summed E-state index contributed by atoms with van der Waals surface area (Å²) in [6.45, 7) is 3.72. The van der Waals surface area contributed by atoms with Gasteiger partial charge in [0.1, 0.15) is 5.82 Å². The van der Waals surface area contributed by atoms with Gasteiger partial charge >= 0.3 is 0 Å². The molecule has 34 heavy (non-hydrogen) atoms. The molecule has 0 bridgehead atoms. The molecule has 1 aliphatic carbocycles. The van der Waals surface area contributed by atoms with E-state index in [9.17, 15) is 8.42 Å². The van der Waals surface area contributed by atoms with Crippen molar-refractivity contribution in [3.63, 3.8) is 0 Å². The highest BCUT2D eigenvalue weighted by Crippen LogP contribution is 2.42. The van der Waals surface area contributed by atoms with Gasteiger partial charge in [0.2, 0.25) is 0 Å². The molecule has 0 amide bonds. The second-order valence-electron chi connectivity index (χ2n) is 9.45. The molecule has 1 saturated heterocycles. The minimum Gasteiger partial charge on any atom is -0.336 e. The Balaban J connectivity index is 1.39. The fourth-order valence-corrected chi connectivity index (χ4v) is 5.90. The van der Waals surface area contributed by atoms with E-state index in [1.54, 1.807) is 10.6 Å². The van der Waals surface area contributed by atoms with Crippen LogP contribution >= 0.6 is 11.6 Å². The Morgan fingerprint density at radius 3 is 2.71 bits per heavy atom. The number of sulfonamides is 1. The Morgan fingerprint density at radius 1 is 1.21 bits per heavy atom. The summed E-state index contributed by atoms with van der Waals surface area (Å²) >= 11 is 6.25. The maximum Gasteiger partial charge on any atom is 0.257 e. The van der Waals surface area contributed by atoms with E-state index in [0.717, 1.165) is 43.1 Å². The molecule has 2 unspecified atom stereocenters. The van der Waals surface area contributed by atoms with Crippen LogP contribution in [0.3, 0.4) is 0 Å². The van der Waals surface area contributed by atoms with Crippen LogP contribution in [0.5, 0.6) is 0 Å². The molecule has 5 rings (SSSR count). The molecule has 9 heteroatoms. The van der Waals surface area contributed by atoms with Crippen molar-refractivity contribution in [1.82, 2.24) is 14.5 Å². The number of fused-ring (bicyclic) bond motifs is 1. The van der Waals surface area contributed by atoms with Gasteiger partial charge < -0.3 is 9.47 Å². The topological polar surface area (TPSA) is 81.2 Å². The van der Waals surface area contributed by atoms with Crippen molar-refractivity contribution in [2.24, 2.45) is 11.1 Å². The lowest BCUT2D eigenvalue weighted by Crippen LogP contribution is -2.41. The molecule has 2 aromatic carbocycles. The molecular formula is C25H28ClFN4O2S. The average molecular weight is 503 g/mol. The van der Waals surface area contributed by atoms with Gasteiger partial charge in [-0.3, -0.25) is 0 Å².